The topological polar surface area (TPSA) is 78.9 Å². The van der Waals surface area contributed by atoms with Crippen LogP contribution in [0.5, 0.6) is 0 Å². The van der Waals surface area contributed by atoms with E-state index < -0.39 is 6.10 Å². The Labute approximate surface area is 425 Å². The van der Waals surface area contributed by atoms with Crippen LogP contribution < -0.4 is 0 Å². The highest BCUT2D eigenvalue weighted by molar-refractivity contribution is 5.71. The zero-order valence-corrected chi connectivity index (χ0v) is 44.8. The van der Waals surface area contributed by atoms with Crippen molar-refractivity contribution in [1.82, 2.24) is 0 Å². The first-order valence-corrected chi connectivity index (χ1v) is 28.4. The lowest BCUT2D eigenvalue weighted by atomic mass is 10.1. The van der Waals surface area contributed by atoms with Crippen LogP contribution in [0.3, 0.4) is 0 Å². The quantitative estimate of drug-likeness (QED) is 0.0262. The van der Waals surface area contributed by atoms with E-state index in [9.17, 15) is 14.4 Å². The number of unbranched alkanes of at least 4 members (excludes halogenated alkanes) is 21. The third-order valence-corrected chi connectivity index (χ3v) is 11.7. The highest BCUT2D eigenvalue weighted by atomic mass is 16.6. The van der Waals surface area contributed by atoms with Gasteiger partial charge in [-0.3, -0.25) is 14.4 Å². The molecule has 0 radical (unpaired) electrons. The van der Waals surface area contributed by atoms with E-state index in [-0.39, 0.29) is 44.0 Å². The number of rotatable bonds is 50. The van der Waals surface area contributed by atoms with Gasteiger partial charge < -0.3 is 14.2 Å². The van der Waals surface area contributed by atoms with Crippen LogP contribution in [-0.2, 0) is 28.6 Å². The summed E-state index contributed by atoms with van der Waals surface area (Å²) in [5.74, 6) is -1.04. The fraction of sp³-hybridized carbons (Fsp3) is 0.667. The predicted octanol–water partition coefficient (Wildman–Crippen LogP) is 19.1. The van der Waals surface area contributed by atoms with Crippen LogP contribution in [0.1, 0.15) is 252 Å². The Kier molecular flexibility index (Phi) is 53.4. The molecule has 0 aliphatic heterocycles. The standard InChI is InChI=1S/C63H104O6/c1-4-7-10-13-16-19-22-25-28-31-34-37-40-43-46-49-52-55-61(64)67-58-60(69-63(66)57-54-51-48-45-42-39-36-33-30-27-24-21-18-15-12-9-6-3)59-68-62(65)56-53-50-47-44-41-38-35-32-29-26-23-20-17-14-11-8-5-2/h16,18-19,21,25-30,34,36-37,39,43,45-46,48,60H,4-15,17,20,22-24,31-33,35,38,40-42,44,47,49-59H2,1-3H3/b19-16-,21-18-,28-25-,29-26-,30-27-,37-34-,39-36-,46-43-,48-45-/t60-/m1/s1. The van der Waals surface area contributed by atoms with Crippen molar-refractivity contribution in [3.05, 3.63) is 109 Å². The van der Waals surface area contributed by atoms with E-state index in [0.29, 0.717) is 19.3 Å². The van der Waals surface area contributed by atoms with Crippen molar-refractivity contribution in [2.45, 2.75) is 258 Å². The molecule has 1 atom stereocenters. The fourth-order valence-corrected chi connectivity index (χ4v) is 7.42. The van der Waals surface area contributed by atoms with Crippen molar-refractivity contribution in [1.29, 1.82) is 0 Å². The van der Waals surface area contributed by atoms with E-state index in [1.165, 1.54) is 128 Å². The molecule has 0 rings (SSSR count). The first kappa shape index (κ1) is 65.1. The zero-order chi connectivity index (χ0) is 50.0. The number of allylic oxidation sites excluding steroid dienone is 18. The number of carbonyl (C=O) groups is 3. The van der Waals surface area contributed by atoms with Gasteiger partial charge in [-0.15, -0.1) is 0 Å². The summed E-state index contributed by atoms with van der Waals surface area (Å²) in [6.07, 6.45) is 76.5. The van der Waals surface area contributed by atoms with Crippen molar-refractivity contribution in [2.24, 2.45) is 0 Å². The maximum Gasteiger partial charge on any atom is 0.306 e. The summed E-state index contributed by atoms with van der Waals surface area (Å²) in [6, 6.07) is 0. The summed E-state index contributed by atoms with van der Waals surface area (Å²) in [7, 11) is 0. The number of ether oxygens (including phenoxy) is 3. The van der Waals surface area contributed by atoms with Crippen LogP contribution in [0.15, 0.2) is 109 Å². The lowest BCUT2D eigenvalue weighted by Crippen LogP contribution is -2.30. The van der Waals surface area contributed by atoms with Crippen molar-refractivity contribution in [2.75, 3.05) is 13.2 Å². The van der Waals surface area contributed by atoms with Gasteiger partial charge in [0.25, 0.3) is 0 Å². The molecule has 0 heterocycles. The molecule has 0 bridgehead atoms. The van der Waals surface area contributed by atoms with Crippen molar-refractivity contribution < 1.29 is 28.6 Å². The Morgan fingerprint density at radius 2 is 0.536 bits per heavy atom. The van der Waals surface area contributed by atoms with Crippen molar-refractivity contribution in [3.63, 3.8) is 0 Å². The molecule has 0 aromatic carbocycles. The maximum absolute atomic E-state index is 12.8. The molecule has 0 amide bonds. The summed E-state index contributed by atoms with van der Waals surface area (Å²) in [5, 5.41) is 0. The molecular formula is C63H104O6. The molecule has 0 fully saturated rings. The van der Waals surface area contributed by atoms with Crippen molar-refractivity contribution >= 4 is 17.9 Å². The van der Waals surface area contributed by atoms with Crippen molar-refractivity contribution in [3.8, 4) is 0 Å². The summed E-state index contributed by atoms with van der Waals surface area (Å²) >= 11 is 0. The van der Waals surface area contributed by atoms with E-state index >= 15 is 0 Å². The molecule has 0 aliphatic carbocycles. The van der Waals surface area contributed by atoms with Gasteiger partial charge in [0.15, 0.2) is 6.10 Å². The van der Waals surface area contributed by atoms with Gasteiger partial charge in [-0.05, 0) is 122 Å². The normalized spacial score (nSPS) is 12.9. The average Bonchev–Trinajstić information content (AvgIpc) is 3.35. The molecule has 0 spiro atoms. The Morgan fingerprint density at radius 1 is 0.290 bits per heavy atom. The van der Waals surface area contributed by atoms with E-state index in [1.54, 1.807) is 0 Å². The molecule has 0 N–H and O–H groups in total. The molecule has 0 aromatic heterocycles. The van der Waals surface area contributed by atoms with E-state index in [4.69, 9.17) is 14.2 Å². The molecule has 0 unspecified atom stereocenters. The van der Waals surface area contributed by atoms with Gasteiger partial charge in [0.1, 0.15) is 13.2 Å². The Bertz CT molecular complexity index is 1420. The first-order valence-electron chi connectivity index (χ1n) is 28.4. The fourth-order valence-electron chi connectivity index (χ4n) is 7.42. The lowest BCUT2D eigenvalue weighted by Gasteiger charge is -2.18. The molecule has 6 heteroatoms. The lowest BCUT2D eigenvalue weighted by molar-refractivity contribution is -0.167. The van der Waals surface area contributed by atoms with Gasteiger partial charge in [-0.2, -0.15) is 0 Å². The molecule has 0 saturated carbocycles. The highest BCUT2D eigenvalue weighted by Gasteiger charge is 2.19. The molecule has 6 nitrogen and oxygen atoms in total. The Morgan fingerprint density at radius 3 is 0.913 bits per heavy atom. The summed E-state index contributed by atoms with van der Waals surface area (Å²) in [4.78, 5) is 38.1. The van der Waals surface area contributed by atoms with Crippen LogP contribution in [0.25, 0.3) is 0 Å². The minimum Gasteiger partial charge on any atom is -0.462 e. The average molecular weight is 958 g/mol. The zero-order valence-electron chi connectivity index (χ0n) is 44.8. The number of hydrogen-bond acceptors (Lipinski definition) is 6. The van der Waals surface area contributed by atoms with Crippen LogP contribution in [0, 0.1) is 0 Å². The molecule has 0 aliphatic rings. The monoisotopic (exact) mass is 957 g/mol. The summed E-state index contributed by atoms with van der Waals surface area (Å²) in [5.41, 5.74) is 0. The van der Waals surface area contributed by atoms with Gasteiger partial charge >= 0.3 is 17.9 Å². The molecule has 0 aromatic rings. The van der Waals surface area contributed by atoms with Gasteiger partial charge in [-0.25, -0.2) is 0 Å². The molecular weight excluding hydrogens is 853 g/mol. The number of esters is 3. The van der Waals surface area contributed by atoms with Gasteiger partial charge in [0, 0.05) is 19.3 Å². The predicted molar refractivity (Wildman–Crippen MR) is 297 cm³/mol. The SMILES string of the molecule is CCCCC/C=C\C/C=C\C/C=C\C/C=C\CCCC(=O)OC[C@H](COC(=O)CCCCCCCCC/C=C\CCCCCCCC)OC(=O)CCC/C=C\C/C=C\C/C=C\C/C=C\CCCCC. The van der Waals surface area contributed by atoms with Crippen LogP contribution in [-0.4, -0.2) is 37.2 Å². The smallest absolute Gasteiger partial charge is 0.306 e. The molecule has 0 saturated heterocycles. The van der Waals surface area contributed by atoms with Crippen LogP contribution in [0.4, 0.5) is 0 Å². The largest absolute Gasteiger partial charge is 0.462 e. The Balaban J connectivity index is 4.57. The van der Waals surface area contributed by atoms with Crippen LogP contribution in [0.2, 0.25) is 0 Å². The highest BCUT2D eigenvalue weighted by Crippen LogP contribution is 2.13. The second-order valence-corrected chi connectivity index (χ2v) is 18.5. The Hall–Kier alpha value is -3.93. The van der Waals surface area contributed by atoms with Gasteiger partial charge in [0.2, 0.25) is 0 Å². The van der Waals surface area contributed by atoms with E-state index in [0.717, 1.165) is 70.6 Å². The molecule has 392 valence electrons. The minimum atomic E-state index is -0.833. The second kappa shape index (κ2) is 56.7. The number of hydrogen-bond donors (Lipinski definition) is 0. The first-order chi connectivity index (χ1) is 34.0. The van der Waals surface area contributed by atoms with E-state index in [1.807, 2.05) is 0 Å². The maximum atomic E-state index is 12.8. The third-order valence-electron chi connectivity index (χ3n) is 11.7. The third kappa shape index (κ3) is 54.9. The summed E-state index contributed by atoms with van der Waals surface area (Å²) in [6.45, 7) is 6.48. The van der Waals surface area contributed by atoms with Crippen LogP contribution >= 0.6 is 0 Å². The number of carbonyl (C=O) groups excluding carboxylic acids is 3. The summed E-state index contributed by atoms with van der Waals surface area (Å²) < 4.78 is 16.8. The minimum absolute atomic E-state index is 0.120. The molecule has 69 heavy (non-hydrogen) atoms. The van der Waals surface area contributed by atoms with E-state index in [2.05, 4.69) is 130 Å². The van der Waals surface area contributed by atoms with Gasteiger partial charge in [-0.1, -0.05) is 220 Å². The van der Waals surface area contributed by atoms with Gasteiger partial charge in [0.05, 0.1) is 0 Å². The second-order valence-electron chi connectivity index (χ2n) is 18.5.